The molecule has 0 aliphatic heterocycles. The van der Waals surface area contributed by atoms with Gasteiger partial charge < -0.3 is 9.88 Å². The molecule has 2 aromatic heterocycles. The third-order valence-electron chi connectivity index (χ3n) is 6.49. The van der Waals surface area contributed by atoms with E-state index in [2.05, 4.69) is 41.6 Å². The van der Waals surface area contributed by atoms with Crippen molar-refractivity contribution in [1.82, 2.24) is 19.5 Å². The van der Waals surface area contributed by atoms with Crippen molar-refractivity contribution in [3.8, 4) is 0 Å². The molecule has 1 aliphatic carbocycles. The number of carbonyl (C=O) groups excluding carboxylic acids is 1. The summed E-state index contributed by atoms with van der Waals surface area (Å²) in [4.78, 5) is 25.7. The van der Waals surface area contributed by atoms with Gasteiger partial charge in [0.2, 0.25) is 0 Å². The van der Waals surface area contributed by atoms with Crippen molar-refractivity contribution in [3.05, 3.63) is 105 Å². The number of benzene rings is 2. The Bertz CT molecular complexity index is 1350. The second kappa shape index (κ2) is 9.06. The Labute approximate surface area is 192 Å². The van der Waals surface area contributed by atoms with Crippen LogP contribution in [0, 0.1) is 0 Å². The topological polar surface area (TPSA) is 68.4 Å². The predicted octanol–water partition coefficient (Wildman–Crippen LogP) is 3.92. The van der Waals surface area contributed by atoms with E-state index in [-0.39, 0.29) is 11.5 Å². The van der Waals surface area contributed by atoms with E-state index < -0.39 is 0 Å². The summed E-state index contributed by atoms with van der Waals surface area (Å²) >= 11 is 0. The monoisotopic (exact) mass is 440 g/mol. The lowest BCUT2D eigenvalue weighted by atomic mass is 9.97. The lowest BCUT2D eigenvalue weighted by molar-refractivity contribution is 0.0951. The molecule has 6 heteroatoms. The van der Waals surface area contributed by atoms with Gasteiger partial charge in [-0.05, 0) is 60.9 Å². The number of amides is 1. The third kappa shape index (κ3) is 4.33. The van der Waals surface area contributed by atoms with E-state index in [1.807, 2.05) is 30.5 Å². The van der Waals surface area contributed by atoms with E-state index in [4.69, 9.17) is 0 Å². The van der Waals surface area contributed by atoms with Gasteiger partial charge in [-0.15, -0.1) is 0 Å². The maximum atomic E-state index is 13.1. The first-order valence-electron chi connectivity index (χ1n) is 11.7. The Balaban J connectivity index is 1.27. The quantitative estimate of drug-likeness (QED) is 0.494. The number of carbonyl (C=O) groups is 1. The Hall–Kier alpha value is -3.67. The standard InChI is InChI=1S/C27H28N4O2/c1-2-19-7-9-20(10-8-19)17-28-26(32)22-13-11-21(12-14-22)18-30-15-16-31-25(27(30)33)23-5-3-4-6-24(23)29-31/h7-16H,2-6,17-18H2,1H3,(H,28,32). The van der Waals surface area contributed by atoms with Crippen LogP contribution in [0.2, 0.25) is 0 Å². The zero-order valence-electron chi connectivity index (χ0n) is 18.9. The lowest BCUT2D eigenvalue weighted by Gasteiger charge is -2.10. The minimum absolute atomic E-state index is 0.0101. The second-order valence-corrected chi connectivity index (χ2v) is 8.71. The zero-order valence-corrected chi connectivity index (χ0v) is 18.9. The molecular weight excluding hydrogens is 412 g/mol. The Morgan fingerprint density at radius 3 is 2.39 bits per heavy atom. The summed E-state index contributed by atoms with van der Waals surface area (Å²) in [6.07, 6.45) is 8.77. The molecule has 1 N–H and O–H groups in total. The normalized spacial score (nSPS) is 13.1. The highest BCUT2D eigenvalue weighted by molar-refractivity contribution is 5.94. The Kier molecular flexibility index (Phi) is 5.82. The fraction of sp³-hybridized carbons (Fsp3) is 0.296. The smallest absolute Gasteiger partial charge is 0.277 e. The fourth-order valence-electron chi connectivity index (χ4n) is 4.52. The van der Waals surface area contributed by atoms with Crippen molar-refractivity contribution >= 4 is 11.4 Å². The van der Waals surface area contributed by atoms with Gasteiger partial charge in [-0.2, -0.15) is 5.10 Å². The lowest BCUT2D eigenvalue weighted by Crippen LogP contribution is -2.23. The van der Waals surface area contributed by atoms with Crippen LogP contribution in [0.15, 0.2) is 65.7 Å². The van der Waals surface area contributed by atoms with Crippen molar-refractivity contribution in [2.75, 3.05) is 0 Å². The highest BCUT2D eigenvalue weighted by atomic mass is 16.1. The molecule has 5 rings (SSSR count). The van der Waals surface area contributed by atoms with E-state index >= 15 is 0 Å². The fourth-order valence-corrected chi connectivity index (χ4v) is 4.52. The molecule has 4 aromatic rings. The number of aryl methyl sites for hydroxylation is 3. The number of nitrogens with one attached hydrogen (secondary N) is 1. The van der Waals surface area contributed by atoms with Gasteiger partial charge in [0.15, 0.2) is 0 Å². The first-order valence-corrected chi connectivity index (χ1v) is 11.7. The molecular formula is C27H28N4O2. The second-order valence-electron chi connectivity index (χ2n) is 8.71. The molecule has 0 unspecified atom stereocenters. The molecule has 1 amide bonds. The molecule has 168 valence electrons. The molecule has 1 aliphatic rings. The van der Waals surface area contributed by atoms with Gasteiger partial charge in [0.05, 0.1) is 12.2 Å². The van der Waals surface area contributed by atoms with Crippen LogP contribution in [0.25, 0.3) is 5.52 Å². The van der Waals surface area contributed by atoms with Crippen LogP contribution < -0.4 is 10.9 Å². The van der Waals surface area contributed by atoms with Crippen molar-refractivity contribution in [3.63, 3.8) is 0 Å². The van der Waals surface area contributed by atoms with Crippen molar-refractivity contribution < 1.29 is 4.79 Å². The maximum Gasteiger partial charge on any atom is 0.277 e. The molecule has 0 radical (unpaired) electrons. The Morgan fingerprint density at radius 2 is 1.64 bits per heavy atom. The molecule has 2 heterocycles. The number of fused-ring (bicyclic) bond motifs is 3. The maximum absolute atomic E-state index is 13.1. The first kappa shape index (κ1) is 21.2. The van der Waals surface area contributed by atoms with Crippen LogP contribution in [0.5, 0.6) is 0 Å². The molecule has 0 spiro atoms. The first-order chi connectivity index (χ1) is 16.1. The van der Waals surface area contributed by atoms with Crippen molar-refractivity contribution in [2.24, 2.45) is 0 Å². The molecule has 2 aromatic carbocycles. The van der Waals surface area contributed by atoms with Crippen LogP contribution in [0.3, 0.4) is 0 Å². The third-order valence-corrected chi connectivity index (χ3v) is 6.49. The van der Waals surface area contributed by atoms with E-state index in [0.717, 1.165) is 54.5 Å². The van der Waals surface area contributed by atoms with Crippen LogP contribution in [-0.4, -0.2) is 20.1 Å². The SMILES string of the molecule is CCc1ccc(CNC(=O)c2ccc(Cn3ccn4nc5c(c4c3=O)CCCC5)cc2)cc1. The van der Waals surface area contributed by atoms with E-state index in [9.17, 15) is 9.59 Å². The van der Waals surface area contributed by atoms with Crippen molar-refractivity contribution in [1.29, 1.82) is 0 Å². The molecule has 0 atom stereocenters. The number of rotatable bonds is 6. The minimum atomic E-state index is -0.106. The summed E-state index contributed by atoms with van der Waals surface area (Å²) in [5.74, 6) is -0.106. The number of hydrogen-bond acceptors (Lipinski definition) is 3. The van der Waals surface area contributed by atoms with E-state index in [1.54, 1.807) is 15.3 Å². The van der Waals surface area contributed by atoms with E-state index in [0.29, 0.717) is 24.2 Å². The number of nitrogens with zero attached hydrogens (tertiary/aromatic N) is 3. The molecule has 0 fully saturated rings. The van der Waals surface area contributed by atoms with E-state index in [1.165, 1.54) is 5.56 Å². The van der Waals surface area contributed by atoms with Crippen LogP contribution in [-0.2, 0) is 32.4 Å². The molecule has 33 heavy (non-hydrogen) atoms. The van der Waals surface area contributed by atoms with Crippen molar-refractivity contribution in [2.45, 2.75) is 52.1 Å². The summed E-state index contributed by atoms with van der Waals surface area (Å²) < 4.78 is 3.46. The van der Waals surface area contributed by atoms with Gasteiger partial charge in [-0.1, -0.05) is 43.3 Å². The summed E-state index contributed by atoms with van der Waals surface area (Å²) in [7, 11) is 0. The number of aromatic nitrogens is 3. The van der Waals surface area contributed by atoms with Crippen LogP contribution in [0.4, 0.5) is 0 Å². The van der Waals surface area contributed by atoms with Gasteiger partial charge in [-0.25, -0.2) is 4.52 Å². The molecule has 6 nitrogen and oxygen atoms in total. The highest BCUT2D eigenvalue weighted by Crippen LogP contribution is 2.22. The van der Waals surface area contributed by atoms with Gasteiger partial charge in [0.1, 0.15) is 5.52 Å². The summed E-state index contributed by atoms with van der Waals surface area (Å²) in [5, 5.41) is 7.57. The zero-order chi connectivity index (χ0) is 22.8. The molecule has 0 saturated carbocycles. The van der Waals surface area contributed by atoms with Gasteiger partial charge in [0.25, 0.3) is 11.5 Å². The Morgan fingerprint density at radius 1 is 0.939 bits per heavy atom. The molecule has 0 bridgehead atoms. The van der Waals surface area contributed by atoms with Crippen LogP contribution in [0.1, 0.15) is 58.1 Å². The summed E-state index contributed by atoms with van der Waals surface area (Å²) in [5.41, 5.74) is 6.81. The average molecular weight is 441 g/mol. The predicted molar refractivity (Wildman–Crippen MR) is 129 cm³/mol. The number of hydrogen-bond donors (Lipinski definition) is 1. The van der Waals surface area contributed by atoms with Gasteiger partial charge in [-0.3, -0.25) is 9.59 Å². The molecule has 0 saturated heterocycles. The summed E-state index contributed by atoms with van der Waals surface area (Å²) in [6.45, 7) is 3.08. The summed E-state index contributed by atoms with van der Waals surface area (Å²) in [6, 6.07) is 15.7. The largest absolute Gasteiger partial charge is 0.348 e. The average Bonchev–Trinajstić information content (AvgIpc) is 3.24. The van der Waals surface area contributed by atoms with Crippen LogP contribution >= 0.6 is 0 Å². The minimum Gasteiger partial charge on any atom is -0.348 e. The highest BCUT2D eigenvalue weighted by Gasteiger charge is 2.19. The van der Waals surface area contributed by atoms with Gasteiger partial charge in [0, 0.05) is 30.1 Å². The van der Waals surface area contributed by atoms with Gasteiger partial charge >= 0.3 is 0 Å².